The molecule has 1 aliphatic rings. The predicted octanol–water partition coefficient (Wildman–Crippen LogP) is 4.40. The lowest BCUT2D eigenvalue weighted by Crippen LogP contribution is -2.18. The van der Waals surface area contributed by atoms with Gasteiger partial charge in [0.25, 0.3) is 12.3 Å². The van der Waals surface area contributed by atoms with Crippen molar-refractivity contribution >= 4 is 50.7 Å². The average Bonchev–Trinajstić information content (AvgIpc) is 3.39. The van der Waals surface area contributed by atoms with Crippen molar-refractivity contribution in [3.8, 4) is 0 Å². The zero-order valence-corrected chi connectivity index (χ0v) is 17.5. The van der Waals surface area contributed by atoms with Crippen LogP contribution in [0.15, 0.2) is 12.3 Å². The van der Waals surface area contributed by atoms with Gasteiger partial charge in [0.1, 0.15) is 15.4 Å². The summed E-state index contributed by atoms with van der Waals surface area (Å²) in [6.45, 7) is 2.05. The summed E-state index contributed by atoms with van der Waals surface area (Å²) in [4.78, 5) is 28.9. The van der Waals surface area contributed by atoms with Gasteiger partial charge in [-0.1, -0.05) is 11.6 Å². The number of hydrogen-bond acceptors (Lipinski definition) is 5. The van der Waals surface area contributed by atoms with Crippen molar-refractivity contribution in [2.45, 2.75) is 45.1 Å². The number of carbonyl (C=O) groups is 2. The molecule has 3 N–H and O–H groups in total. The predicted molar refractivity (Wildman–Crippen MR) is 110 cm³/mol. The summed E-state index contributed by atoms with van der Waals surface area (Å²) in [5.41, 5.74) is 6.73. The number of thiophene rings is 1. The molecule has 1 aliphatic carbocycles. The Morgan fingerprint density at radius 3 is 2.73 bits per heavy atom. The van der Waals surface area contributed by atoms with E-state index in [1.807, 2.05) is 0 Å². The van der Waals surface area contributed by atoms with Gasteiger partial charge in [0.05, 0.1) is 16.4 Å². The number of aryl methyl sites for hydroxylation is 2. The maximum atomic E-state index is 13.3. The smallest absolute Gasteiger partial charge is 0.280 e. The van der Waals surface area contributed by atoms with Crippen LogP contribution in [0.1, 0.15) is 58.2 Å². The number of carbonyl (C=O) groups excluding carboxylic acids is 2. The summed E-state index contributed by atoms with van der Waals surface area (Å²) in [6.07, 6.45) is 0.689. The summed E-state index contributed by atoms with van der Waals surface area (Å²) in [7, 11) is 0. The molecule has 3 aromatic heterocycles. The van der Waals surface area contributed by atoms with E-state index in [2.05, 4.69) is 15.4 Å². The van der Waals surface area contributed by atoms with E-state index in [-0.39, 0.29) is 45.9 Å². The van der Waals surface area contributed by atoms with E-state index >= 15 is 0 Å². The summed E-state index contributed by atoms with van der Waals surface area (Å²) < 4.78 is 28.1. The molecule has 0 saturated heterocycles. The van der Waals surface area contributed by atoms with Crippen molar-refractivity contribution in [2.24, 2.45) is 5.73 Å². The van der Waals surface area contributed by atoms with Gasteiger partial charge in [-0.05, 0) is 37.3 Å². The molecule has 158 valence electrons. The van der Waals surface area contributed by atoms with Crippen molar-refractivity contribution < 1.29 is 18.4 Å². The Labute approximate surface area is 179 Å². The fraction of sp³-hybridized carbons (Fsp3) is 0.368. The first-order valence-corrected chi connectivity index (χ1v) is 10.5. The fourth-order valence-corrected chi connectivity index (χ4v) is 4.47. The molecule has 0 aliphatic heterocycles. The lowest BCUT2D eigenvalue weighted by molar-refractivity contribution is -0.116. The third-order valence-corrected chi connectivity index (χ3v) is 6.37. The van der Waals surface area contributed by atoms with Crippen LogP contribution in [0.2, 0.25) is 5.02 Å². The Hall–Kier alpha value is -2.59. The molecule has 11 heteroatoms. The Balaban J connectivity index is 1.67. The van der Waals surface area contributed by atoms with Crippen LogP contribution in [0, 0.1) is 6.92 Å². The van der Waals surface area contributed by atoms with Crippen LogP contribution in [0.5, 0.6) is 0 Å². The molecule has 1 saturated carbocycles. The van der Waals surface area contributed by atoms with Gasteiger partial charge in [0.2, 0.25) is 5.91 Å². The Morgan fingerprint density at radius 1 is 1.43 bits per heavy atom. The van der Waals surface area contributed by atoms with Crippen LogP contribution in [0.25, 0.3) is 10.2 Å². The van der Waals surface area contributed by atoms with E-state index in [0.29, 0.717) is 21.7 Å². The molecule has 7 nitrogen and oxygen atoms in total. The number of alkyl halides is 2. The number of nitrogens with one attached hydrogen (secondary N) is 1. The highest BCUT2D eigenvalue weighted by molar-refractivity contribution is 7.21. The first-order valence-electron chi connectivity index (χ1n) is 9.29. The number of nitrogens with zero attached hydrogens (tertiary/aromatic N) is 3. The quantitative estimate of drug-likeness (QED) is 0.553. The Morgan fingerprint density at radius 2 is 2.17 bits per heavy atom. The highest BCUT2D eigenvalue weighted by atomic mass is 35.5. The van der Waals surface area contributed by atoms with E-state index in [4.69, 9.17) is 17.3 Å². The van der Waals surface area contributed by atoms with Crippen molar-refractivity contribution in [1.82, 2.24) is 14.8 Å². The van der Waals surface area contributed by atoms with Gasteiger partial charge in [-0.2, -0.15) is 5.10 Å². The van der Waals surface area contributed by atoms with Crippen LogP contribution in [0.4, 0.5) is 14.5 Å². The van der Waals surface area contributed by atoms with E-state index in [0.717, 1.165) is 24.2 Å². The van der Waals surface area contributed by atoms with Crippen LogP contribution >= 0.6 is 22.9 Å². The lowest BCUT2D eigenvalue weighted by atomic mass is 10.0. The normalized spacial score (nSPS) is 13.9. The molecular formula is C19H18ClF2N5O2S. The topological polar surface area (TPSA) is 103 Å². The zero-order chi connectivity index (χ0) is 21.6. The van der Waals surface area contributed by atoms with Gasteiger partial charge in [-0.3, -0.25) is 14.3 Å². The summed E-state index contributed by atoms with van der Waals surface area (Å²) in [5, 5.41) is 7.97. The van der Waals surface area contributed by atoms with Crippen LogP contribution in [-0.2, 0) is 11.3 Å². The molecule has 2 amide bonds. The second kappa shape index (κ2) is 7.92. The third-order valence-electron chi connectivity index (χ3n) is 4.90. The van der Waals surface area contributed by atoms with E-state index in [1.165, 1.54) is 6.07 Å². The van der Waals surface area contributed by atoms with Gasteiger partial charge in [-0.25, -0.2) is 13.8 Å². The zero-order valence-electron chi connectivity index (χ0n) is 15.9. The maximum Gasteiger partial charge on any atom is 0.280 e. The molecule has 0 spiro atoms. The Bertz CT molecular complexity index is 1140. The molecule has 30 heavy (non-hydrogen) atoms. The highest BCUT2D eigenvalue weighted by Crippen LogP contribution is 2.48. The SMILES string of the molecule is Cc1nn(CCC(=O)Nc2c(C(N)=O)sc3nc(C(F)F)cc(C4CC4)c23)cc1Cl. The molecule has 0 aromatic carbocycles. The molecular weight excluding hydrogens is 436 g/mol. The van der Waals surface area contributed by atoms with Crippen molar-refractivity contribution in [3.63, 3.8) is 0 Å². The number of nitrogens with two attached hydrogens (primary N) is 1. The number of fused-ring (bicyclic) bond motifs is 1. The van der Waals surface area contributed by atoms with Crippen LogP contribution in [0.3, 0.4) is 0 Å². The second-order valence-electron chi connectivity index (χ2n) is 7.19. The number of rotatable bonds is 7. The minimum absolute atomic E-state index is 0.0777. The molecule has 0 atom stereocenters. The lowest BCUT2D eigenvalue weighted by Gasteiger charge is -2.10. The first kappa shape index (κ1) is 20.7. The van der Waals surface area contributed by atoms with Gasteiger partial charge in [-0.15, -0.1) is 11.3 Å². The molecule has 0 radical (unpaired) electrons. The molecule has 0 unspecified atom stereocenters. The standard InChI is InChI=1S/C19H18ClF2N5O2S/c1-8-11(20)7-27(26-8)5-4-13(28)25-15-14-10(9-2-3-9)6-12(17(21)22)24-19(14)30-16(15)18(23)29/h6-7,9,17H,2-5H2,1H3,(H2,23,29)(H,25,28). The number of amides is 2. The van der Waals surface area contributed by atoms with E-state index in [1.54, 1.807) is 17.8 Å². The molecule has 0 bridgehead atoms. The largest absolute Gasteiger partial charge is 0.365 e. The fourth-order valence-electron chi connectivity index (χ4n) is 3.29. The summed E-state index contributed by atoms with van der Waals surface area (Å²) in [6, 6.07) is 1.37. The third kappa shape index (κ3) is 4.01. The highest BCUT2D eigenvalue weighted by Gasteiger charge is 2.31. The maximum absolute atomic E-state index is 13.3. The van der Waals surface area contributed by atoms with Crippen LogP contribution < -0.4 is 11.1 Å². The van der Waals surface area contributed by atoms with E-state index < -0.39 is 12.3 Å². The minimum atomic E-state index is -2.73. The van der Waals surface area contributed by atoms with Crippen LogP contribution in [-0.4, -0.2) is 26.6 Å². The number of hydrogen-bond donors (Lipinski definition) is 2. The Kier molecular flexibility index (Phi) is 5.46. The van der Waals surface area contributed by atoms with Gasteiger partial charge >= 0.3 is 0 Å². The summed E-state index contributed by atoms with van der Waals surface area (Å²) in [5.74, 6) is -1.00. The number of pyridine rings is 1. The van der Waals surface area contributed by atoms with Gasteiger partial charge < -0.3 is 11.1 Å². The average molecular weight is 454 g/mol. The molecule has 1 fully saturated rings. The number of anilines is 1. The molecule has 3 aromatic rings. The first-order chi connectivity index (χ1) is 14.2. The summed E-state index contributed by atoms with van der Waals surface area (Å²) >= 11 is 6.89. The minimum Gasteiger partial charge on any atom is -0.365 e. The van der Waals surface area contributed by atoms with Gasteiger partial charge in [0, 0.05) is 24.5 Å². The van der Waals surface area contributed by atoms with Gasteiger partial charge in [0.15, 0.2) is 0 Å². The number of aromatic nitrogens is 3. The van der Waals surface area contributed by atoms with E-state index in [9.17, 15) is 18.4 Å². The number of primary amides is 1. The van der Waals surface area contributed by atoms with Crippen molar-refractivity contribution in [2.75, 3.05) is 5.32 Å². The second-order valence-corrected chi connectivity index (χ2v) is 8.59. The molecule has 3 heterocycles. The molecule has 4 rings (SSSR count). The monoisotopic (exact) mass is 453 g/mol. The number of halogens is 3. The van der Waals surface area contributed by atoms with Crippen molar-refractivity contribution in [3.05, 3.63) is 39.1 Å². The van der Waals surface area contributed by atoms with Crippen molar-refractivity contribution in [1.29, 1.82) is 0 Å².